The summed E-state index contributed by atoms with van der Waals surface area (Å²) >= 11 is 0. The first-order valence-corrected chi connectivity index (χ1v) is 7.11. The van der Waals surface area contributed by atoms with Crippen LogP contribution in [0, 0.1) is 11.3 Å². The van der Waals surface area contributed by atoms with Gasteiger partial charge < -0.3 is 5.73 Å². The Hall–Kier alpha value is -2.59. The Balaban J connectivity index is 2.56. The molecule has 2 aromatic rings. The van der Waals surface area contributed by atoms with Crippen LogP contribution in [-0.2, 0) is 10.0 Å². The van der Waals surface area contributed by atoms with Crippen molar-refractivity contribution in [1.82, 2.24) is 4.98 Å². The maximum absolute atomic E-state index is 12.5. The van der Waals surface area contributed by atoms with Gasteiger partial charge in [-0.3, -0.25) is 4.31 Å². The number of benzene rings is 1. The number of pyridine rings is 1. The highest BCUT2D eigenvalue weighted by molar-refractivity contribution is 7.92. The molecule has 0 saturated heterocycles. The van der Waals surface area contributed by atoms with Gasteiger partial charge in [-0.15, -0.1) is 0 Å². The number of rotatable bonds is 3. The summed E-state index contributed by atoms with van der Waals surface area (Å²) in [5.74, 6) is 0. The van der Waals surface area contributed by atoms with Crippen molar-refractivity contribution in [2.24, 2.45) is 0 Å². The third-order valence-corrected chi connectivity index (χ3v) is 4.52. The standard InChI is InChI=1S/C13H12N4O2S/c1-17(12-7-3-2-5-10(12)9-14)20(18,19)13-11(15)6-4-8-16-13/h2-8H,15H2,1H3. The Morgan fingerprint density at radius 2 is 1.95 bits per heavy atom. The minimum Gasteiger partial charge on any atom is -0.396 e. The maximum atomic E-state index is 12.5. The summed E-state index contributed by atoms with van der Waals surface area (Å²) in [6.45, 7) is 0. The SMILES string of the molecule is CN(c1ccccc1C#N)S(=O)(=O)c1ncccc1N. The lowest BCUT2D eigenvalue weighted by atomic mass is 10.2. The van der Waals surface area contributed by atoms with Gasteiger partial charge in [-0.05, 0) is 24.3 Å². The normalized spacial score (nSPS) is 10.8. The fourth-order valence-electron chi connectivity index (χ4n) is 1.72. The largest absolute Gasteiger partial charge is 0.396 e. The molecular weight excluding hydrogens is 276 g/mol. The monoisotopic (exact) mass is 288 g/mol. The van der Waals surface area contributed by atoms with E-state index in [1.54, 1.807) is 30.3 Å². The summed E-state index contributed by atoms with van der Waals surface area (Å²) in [6.07, 6.45) is 1.35. The molecule has 1 heterocycles. The number of hydrogen-bond acceptors (Lipinski definition) is 5. The number of para-hydroxylation sites is 1. The van der Waals surface area contributed by atoms with Gasteiger partial charge in [0.05, 0.1) is 16.9 Å². The minimum absolute atomic E-state index is 0.0637. The smallest absolute Gasteiger partial charge is 0.283 e. The average molecular weight is 288 g/mol. The van der Waals surface area contributed by atoms with Gasteiger partial charge in [0.1, 0.15) is 6.07 Å². The molecule has 0 aliphatic carbocycles. The Morgan fingerprint density at radius 1 is 1.25 bits per heavy atom. The zero-order valence-corrected chi connectivity index (χ0v) is 11.5. The molecule has 0 saturated carbocycles. The van der Waals surface area contributed by atoms with Crippen LogP contribution in [0.25, 0.3) is 0 Å². The fraction of sp³-hybridized carbons (Fsp3) is 0.0769. The Morgan fingerprint density at radius 3 is 2.60 bits per heavy atom. The van der Waals surface area contributed by atoms with Gasteiger partial charge in [-0.1, -0.05) is 12.1 Å². The number of nitrogen functional groups attached to an aromatic ring is 1. The second-order valence-corrected chi connectivity index (χ2v) is 5.88. The van der Waals surface area contributed by atoms with E-state index in [9.17, 15) is 8.42 Å². The Bertz CT molecular complexity index is 781. The van der Waals surface area contributed by atoms with Gasteiger partial charge in [-0.2, -0.15) is 13.7 Å². The highest BCUT2D eigenvalue weighted by Gasteiger charge is 2.26. The molecule has 102 valence electrons. The van der Waals surface area contributed by atoms with Crippen molar-refractivity contribution in [3.63, 3.8) is 0 Å². The van der Waals surface area contributed by atoms with E-state index >= 15 is 0 Å². The van der Waals surface area contributed by atoms with Crippen molar-refractivity contribution >= 4 is 21.4 Å². The molecule has 20 heavy (non-hydrogen) atoms. The summed E-state index contributed by atoms with van der Waals surface area (Å²) in [5, 5.41) is 8.82. The number of nitrogens with zero attached hydrogens (tertiary/aromatic N) is 3. The van der Waals surface area contributed by atoms with Gasteiger partial charge in [0.15, 0.2) is 5.03 Å². The van der Waals surface area contributed by atoms with E-state index < -0.39 is 10.0 Å². The molecule has 0 amide bonds. The van der Waals surface area contributed by atoms with Crippen LogP contribution in [0.1, 0.15) is 5.56 Å². The van der Waals surface area contributed by atoms with Crippen LogP contribution in [0.4, 0.5) is 11.4 Å². The van der Waals surface area contributed by atoms with Crippen molar-refractivity contribution in [3.05, 3.63) is 48.2 Å². The van der Waals surface area contributed by atoms with E-state index in [2.05, 4.69) is 4.98 Å². The quantitative estimate of drug-likeness (QED) is 0.919. The first-order valence-electron chi connectivity index (χ1n) is 5.67. The van der Waals surface area contributed by atoms with Crippen molar-refractivity contribution in [1.29, 1.82) is 5.26 Å². The van der Waals surface area contributed by atoms with Crippen LogP contribution in [0.3, 0.4) is 0 Å². The molecule has 0 unspecified atom stereocenters. The molecule has 0 radical (unpaired) electrons. The van der Waals surface area contributed by atoms with Crippen molar-refractivity contribution < 1.29 is 8.42 Å². The van der Waals surface area contributed by atoms with Gasteiger partial charge >= 0.3 is 0 Å². The summed E-state index contributed by atoms with van der Waals surface area (Å²) in [4.78, 5) is 3.81. The third kappa shape index (κ3) is 2.29. The van der Waals surface area contributed by atoms with Crippen molar-refractivity contribution in [3.8, 4) is 6.07 Å². The lowest BCUT2D eigenvalue weighted by Gasteiger charge is -2.20. The number of sulfonamides is 1. The predicted molar refractivity (Wildman–Crippen MR) is 75.4 cm³/mol. The van der Waals surface area contributed by atoms with E-state index in [-0.39, 0.29) is 22.0 Å². The fourth-order valence-corrected chi connectivity index (χ4v) is 2.96. The lowest BCUT2D eigenvalue weighted by molar-refractivity contribution is 0.591. The molecule has 2 rings (SSSR count). The van der Waals surface area contributed by atoms with E-state index in [0.29, 0.717) is 0 Å². The molecule has 7 heteroatoms. The van der Waals surface area contributed by atoms with E-state index in [1.165, 1.54) is 19.3 Å². The second kappa shape index (κ2) is 5.19. The Kier molecular flexibility index (Phi) is 3.59. The summed E-state index contributed by atoms with van der Waals surface area (Å²) in [5.41, 5.74) is 6.26. The lowest BCUT2D eigenvalue weighted by Crippen LogP contribution is -2.28. The summed E-state index contributed by atoms with van der Waals surface area (Å²) in [7, 11) is -2.55. The molecule has 2 N–H and O–H groups in total. The first kappa shape index (κ1) is 13.8. The van der Waals surface area contributed by atoms with Crippen LogP contribution in [0.15, 0.2) is 47.6 Å². The molecule has 0 aliphatic rings. The molecule has 0 atom stereocenters. The van der Waals surface area contributed by atoms with Crippen molar-refractivity contribution in [2.75, 3.05) is 17.1 Å². The van der Waals surface area contributed by atoms with Crippen LogP contribution in [0.2, 0.25) is 0 Å². The second-order valence-electron chi connectivity index (χ2n) is 4.00. The Labute approximate surface area is 117 Å². The topological polar surface area (TPSA) is 100 Å². The molecule has 1 aromatic heterocycles. The third-order valence-electron chi connectivity index (χ3n) is 2.77. The maximum Gasteiger partial charge on any atom is 0.283 e. The van der Waals surface area contributed by atoms with Crippen molar-refractivity contribution in [2.45, 2.75) is 5.03 Å². The number of anilines is 2. The molecule has 0 spiro atoms. The molecule has 6 nitrogen and oxygen atoms in total. The summed E-state index contributed by atoms with van der Waals surface area (Å²) < 4.78 is 26.0. The molecular formula is C13H12N4O2S. The molecule has 0 aliphatic heterocycles. The number of nitrogens with two attached hydrogens (primary N) is 1. The first-order chi connectivity index (χ1) is 9.48. The predicted octanol–water partition coefficient (Wildman–Crippen LogP) is 1.36. The number of aromatic nitrogens is 1. The van der Waals surface area contributed by atoms with E-state index in [1.807, 2.05) is 6.07 Å². The van der Waals surface area contributed by atoms with Crippen LogP contribution in [0.5, 0.6) is 0 Å². The average Bonchev–Trinajstić information content (AvgIpc) is 2.46. The van der Waals surface area contributed by atoms with Crippen LogP contribution in [-0.4, -0.2) is 20.4 Å². The van der Waals surface area contributed by atoms with Crippen LogP contribution < -0.4 is 10.0 Å². The number of hydrogen-bond donors (Lipinski definition) is 1. The van der Waals surface area contributed by atoms with E-state index in [0.717, 1.165) is 4.31 Å². The van der Waals surface area contributed by atoms with Gasteiger partial charge in [0.2, 0.25) is 0 Å². The highest BCUT2D eigenvalue weighted by Crippen LogP contribution is 2.26. The summed E-state index contributed by atoms with van der Waals surface area (Å²) in [6, 6.07) is 11.4. The van der Waals surface area contributed by atoms with Gasteiger partial charge in [0.25, 0.3) is 10.0 Å². The van der Waals surface area contributed by atoms with Crippen LogP contribution >= 0.6 is 0 Å². The minimum atomic E-state index is -3.91. The molecule has 0 fully saturated rings. The van der Waals surface area contributed by atoms with Gasteiger partial charge in [-0.25, -0.2) is 4.98 Å². The molecule has 0 bridgehead atoms. The zero-order valence-electron chi connectivity index (χ0n) is 10.7. The molecule has 1 aromatic carbocycles. The highest BCUT2D eigenvalue weighted by atomic mass is 32.2. The van der Waals surface area contributed by atoms with Gasteiger partial charge in [0, 0.05) is 13.2 Å². The number of nitriles is 1. The van der Waals surface area contributed by atoms with E-state index in [4.69, 9.17) is 11.0 Å². The zero-order chi connectivity index (χ0) is 14.8.